The second-order valence-corrected chi connectivity index (χ2v) is 11.0. The molecule has 2 aromatic rings. The first kappa shape index (κ1) is 16.0. The van der Waals surface area contributed by atoms with Gasteiger partial charge in [0.2, 0.25) is 0 Å². The van der Waals surface area contributed by atoms with E-state index >= 15 is 0 Å². The van der Waals surface area contributed by atoms with Crippen molar-refractivity contribution in [1.29, 1.82) is 0 Å². The maximum atomic E-state index is 2.35. The first-order valence-corrected chi connectivity index (χ1v) is 11.2. The third-order valence-corrected chi connectivity index (χ3v) is 9.84. The van der Waals surface area contributed by atoms with E-state index in [4.69, 9.17) is 0 Å². The van der Waals surface area contributed by atoms with Crippen LogP contribution in [-0.2, 0) is 12.1 Å². The second kappa shape index (κ2) is 8.19. The summed E-state index contributed by atoms with van der Waals surface area (Å²) in [6, 6.07) is 27.9. The van der Waals surface area contributed by atoms with Gasteiger partial charge < -0.3 is 0 Å². The summed E-state index contributed by atoms with van der Waals surface area (Å²) >= 11 is 0. The Labute approximate surface area is 131 Å². The summed E-state index contributed by atoms with van der Waals surface area (Å²) in [6.07, 6.45) is 2.65. The Morgan fingerprint density at radius 1 is 0.619 bits per heavy atom. The maximum Gasteiger partial charge on any atom is 0.0622 e. The zero-order valence-electron chi connectivity index (χ0n) is 13.5. The number of hydrogen-bond donors (Lipinski definition) is 0. The van der Waals surface area contributed by atoms with Gasteiger partial charge in [0.1, 0.15) is 0 Å². The molecule has 0 atom stereocenters. The number of benzene rings is 2. The van der Waals surface area contributed by atoms with Crippen molar-refractivity contribution < 1.29 is 0 Å². The van der Waals surface area contributed by atoms with Gasteiger partial charge in [-0.3, -0.25) is 0 Å². The molecule has 1 heteroatoms. The summed E-state index contributed by atoms with van der Waals surface area (Å²) in [6.45, 7) is 4.71. The smallest absolute Gasteiger partial charge is 0.0622 e. The summed E-state index contributed by atoms with van der Waals surface area (Å²) in [5, 5.41) is 0. The zero-order chi connectivity index (χ0) is 15.0. The average molecular weight is 297 g/mol. The highest BCUT2D eigenvalue weighted by molar-refractivity contribution is 6.78. The van der Waals surface area contributed by atoms with Crippen LogP contribution in [0.25, 0.3) is 0 Å². The molecule has 0 saturated heterocycles. The monoisotopic (exact) mass is 296 g/mol. The molecular formula is C20H28Si. The van der Waals surface area contributed by atoms with Crippen molar-refractivity contribution >= 4 is 8.07 Å². The van der Waals surface area contributed by atoms with Crippen LogP contribution in [0, 0.1) is 0 Å². The van der Waals surface area contributed by atoms with E-state index in [1.165, 1.54) is 37.0 Å². The Kier molecular flexibility index (Phi) is 6.25. The molecule has 21 heavy (non-hydrogen) atoms. The third kappa shape index (κ3) is 4.85. The van der Waals surface area contributed by atoms with Crippen LogP contribution in [0.1, 0.15) is 37.8 Å². The normalized spacial score (nSPS) is 11.5. The standard InChI is InChI=1S/C20H28Si/c1-3-15-21(16-4-2,17-19-11-7-5-8-12-19)18-20-13-9-6-10-14-20/h5-14H,3-4,15-18H2,1-2H3. The van der Waals surface area contributed by atoms with Crippen LogP contribution in [-0.4, -0.2) is 8.07 Å². The van der Waals surface area contributed by atoms with Crippen molar-refractivity contribution in [3.05, 3.63) is 71.8 Å². The second-order valence-electron chi connectivity index (χ2n) is 6.32. The summed E-state index contributed by atoms with van der Waals surface area (Å²) in [5.74, 6) is 0. The number of rotatable bonds is 8. The van der Waals surface area contributed by atoms with Gasteiger partial charge in [0.05, 0.1) is 8.07 Å². The minimum atomic E-state index is -1.28. The molecule has 0 aromatic heterocycles. The molecule has 0 N–H and O–H groups in total. The molecule has 0 aliphatic rings. The molecule has 0 amide bonds. The van der Waals surface area contributed by atoms with E-state index in [9.17, 15) is 0 Å². The molecule has 0 fully saturated rings. The average Bonchev–Trinajstić information content (AvgIpc) is 2.50. The number of hydrogen-bond acceptors (Lipinski definition) is 0. The fourth-order valence-corrected chi connectivity index (χ4v) is 9.07. The highest BCUT2D eigenvalue weighted by Crippen LogP contribution is 2.28. The Morgan fingerprint density at radius 3 is 1.33 bits per heavy atom. The molecule has 0 aliphatic heterocycles. The van der Waals surface area contributed by atoms with E-state index in [1.54, 1.807) is 11.1 Å². The molecule has 0 saturated carbocycles. The van der Waals surface area contributed by atoms with E-state index in [2.05, 4.69) is 74.5 Å². The van der Waals surface area contributed by atoms with Crippen molar-refractivity contribution in [3.8, 4) is 0 Å². The molecule has 0 radical (unpaired) electrons. The van der Waals surface area contributed by atoms with Crippen LogP contribution >= 0.6 is 0 Å². The molecule has 0 heterocycles. The predicted octanol–water partition coefficient (Wildman–Crippen LogP) is 5.82. The predicted molar refractivity (Wildman–Crippen MR) is 96.2 cm³/mol. The van der Waals surface area contributed by atoms with Crippen LogP contribution in [0.15, 0.2) is 60.7 Å². The lowest BCUT2D eigenvalue weighted by atomic mass is 10.2. The first-order chi connectivity index (χ1) is 10.3. The van der Waals surface area contributed by atoms with Crippen LogP contribution in [0.5, 0.6) is 0 Å². The van der Waals surface area contributed by atoms with Crippen LogP contribution < -0.4 is 0 Å². The van der Waals surface area contributed by atoms with Crippen LogP contribution in [0.3, 0.4) is 0 Å². The Bertz CT molecular complexity index is 454. The van der Waals surface area contributed by atoms with E-state index < -0.39 is 8.07 Å². The van der Waals surface area contributed by atoms with Crippen molar-refractivity contribution in [1.82, 2.24) is 0 Å². The van der Waals surface area contributed by atoms with Gasteiger partial charge in [-0.1, -0.05) is 111 Å². The molecule has 2 aromatic carbocycles. The highest BCUT2D eigenvalue weighted by atomic mass is 28.3. The Morgan fingerprint density at radius 2 is 1.00 bits per heavy atom. The highest BCUT2D eigenvalue weighted by Gasteiger charge is 2.31. The lowest BCUT2D eigenvalue weighted by Crippen LogP contribution is -2.40. The summed E-state index contributed by atoms with van der Waals surface area (Å²) < 4.78 is 0. The lowest BCUT2D eigenvalue weighted by Gasteiger charge is -2.32. The molecule has 2 rings (SSSR count). The van der Waals surface area contributed by atoms with E-state index in [0.717, 1.165) is 0 Å². The van der Waals surface area contributed by atoms with Crippen molar-refractivity contribution in [2.75, 3.05) is 0 Å². The van der Waals surface area contributed by atoms with E-state index in [0.29, 0.717) is 0 Å². The molecule has 0 nitrogen and oxygen atoms in total. The Hall–Kier alpha value is -1.34. The fourth-order valence-electron chi connectivity index (χ4n) is 3.66. The zero-order valence-corrected chi connectivity index (χ0v) is 14.5. The molecule has 0 bridgehead atoms. The lowest BCUT2D eigenvalue weighted by molar-refractivity contribution is 0.933. The molecule has 0 unspecified atom stereocenters. The van der Waals surface area contributed by atoms with Gasteiger partial charge in [-0.2, -0.15) is 0 Å². The topological polar surface area (TPSA) is 0 Å². The van der Waals surface area contributed by atoms with Crippen molar-refractivity contribution in [3.63, 3.8) is 0 Å². The quantitative estimate of drug-likeness (QED) is 0.538. The van der Waals surface area contributed by atoms with Gasteiger partial charge in [-0.05, 0) is 12.1 Å². The fraction of sp³-hybridized carbons (Fsp3) is 0.400. The van der Waals surface area contributed by atoms with Gasteiger partial charge in [0.25, 0.3) is 0 Å². The van der Waals surface area contributed by atoms with Gasteiger partial charge in [-0.15, -0.1) is 0 Å². The van der Waals surface area contributed by atoms with Gasteiger partial charge in [0, 0.05) is 0 Å². The summed E-state index contributed by atoms with van der Waals surface area (Å²) in [4.78, 5) is 0. The summed E-state index contributed by atoms with van der Waals surface area (Å²) in [5.41, 5.74) is 3.09. The van der Waals surface area contributed by atoms with E-state index in [-0.39, 0.29) is 0 Å². The van der Waals surface area contributed by atoms with Crippen molar-refractivity contribution in [2.24, 2.45) is 0 Å². The molecular weight excluding hydrogens is 268 g/mol. The summed E-state index contributed by atoms with van der Waals surface area (Å²) in [7, 11) is -1.28. The molecule has 0 spiro atoms. The van der Waals surface area contributed by atoms with Crippen LogP contribution in [0.4, 0.5) is 0 Å². The van der Waals surface area contributed by atoms with Gasteiger partial charge >= 0.3 is 0 Å². The van der Waals surface area contributed by atoms with Gasteiger partial charge in [-0.25, -0.2) is 0 Å². The first-order valence-electron chi connectivity index (χ1n) is 8.36. The maximum absolute atomic E-state index is 2.35. The SMILES string of the molecule is CCC[Si](CCC)(Cc1ccccc1)Cc1ccccc1. The molecule has 112 valence electrons. The van der Waals surface area contributed by atoms with E-state index in [1.807, 2.05) is 0 Å². The minimum Gasteiger partial charge on any atom is -0.0656 e. The minimum absolute atomic E-state index is 1.28. The molecule has 0 aliphatic carbocycles. The van der Waals surface area contributed by atoms with Gasteiger partial charge in [0.15, 0.2) is 0 Å². The van der Waals surface area contributed by atoms with Crippen LogP contribution in [0.2, 0.25) is 12.1 Å². The van der Waals surface area contributed by atoms with Crippen molar-refractivity contribution in [2.45, 2.75) is 50.9 Å². The third-order valence-electron chi connectivity index (χ3n) is 4.40. The Balaban J connectivity index is 2.23. The largest absolute Gasteiger partial charge is 0.0656 e.